The summed E-state index contributed by atoms with van der Waals surface area (Å²) in [5.74, 6) is 1.68. The molecule has 2 aromatic rings. The number of hydrogen-bond donors (Lipinski definition) is 1. The fourth-order valence-corrected chi connectivity index (χ4v) is 2.17. The lowest BCUT2D eigenvalue weighted by molar-refractivity contribution is 0.481. The minimum atomic E-state index is 0.0474. The van der Waals surface area contributed by atoms with E-state index < -0.39 is 0 Å². The van der Waals surface area contributed by atoms with Gasteiger partial charge in [-0.15, -0.1) is 0 Å². The summed E-state index contributed by atoms with van der Waals surface area (Å²) in [5.41, 5.74) is 9.27. The molecule has 0 saturated carbocycles. The number of halogens is 1. The van der Waals surface area contributed by atoms with Crippen molar-refractivity contribution < 1.29 is 4.74 Å². The molecule has 0 saturated heterocycles. The van der Waals surface area contributed by atoms with Crippen molar-refractivity contribution in [3.05, 3.63) is 57.6 Å². The molecule has 2 rings (SSSR count). The Morgan fingerprint density at radius 3 is 2.00 bits per heavy atom. The van der Waals surface area contributed by atoms with E-state index in [1.54, 1.807) is 0 Å². The summed E-state index contributed by atoms with van der Waals surface area (Å²) in [7, 11) is 0. The van der Waals surface area contributed by atoms with Crippen LogP contribution in [0.5, 0.6) is 11.5 Å². The predicted octanol–water partition coefficient (Wildman–Crippen LogP) is 4.88. The summed E-state index contributed by atoms with van der Waals surface area (Å²) in [4.78, 5) is 0. The highest BCUT2D eigenvalue weighted by Gasteiger charge is 2.05. The van der Waals surface area contributed by atoms with E-state index in [1.165, 1.54) is 11.1 Å². The van der Waals surface area contributed by atoms with Gasteiger partial charge in [-0.3, -0.25) is 0 Å². The van der Waals surface area contributed by atoms with Crippen molar-refractivity contribution in [2.75, 3.05) is 0 Å². The number of aryl methyl sites for hydroxylation is 2. The van der Waals surface area contributed by atoms with Gasteiger partial charge in [-0.2, -0.15) is 0 Å². The van der Waals surface area contributed by atoms with Crippen molar-refractivity contribution in [3.8, 4) is 11.5 Å². The van der Waals surface area contributed by atoms with Gasteiger partial charge in [0.1, 0.15) is 11.5 Å². The normalized spacial score (nSPS) is 12.3. The van der Waals surface area contributed by atoms with Gasteiger partial charge in [-0.25, -0.2) is 0 Å². The summed E-state index contributed by atoms with van der Waals surface area (Å²) in [6.07, 6.45) is 0. The van der Waals surface area contributed by atoms with Crippen LogP contribution in [0.3, 0.4) is 0 Å². The van der Waals surface area contributed by atoms with Crippen LogP contribution in [0.4, 0.5) is 0 Å². The van der Waals surface area contributed by atoms with Gasteiger partial charge in [0, 0.05) is 10.5 Å². The van der Waals surface area contributed by atoms with E-state index in [9.17, 15) is 0 Å². The molecule has 0 aliphatic carbocycles. The van der Waals surface area contributed by atoms with E-state index in [2.05, 4.69) is 29.8 Å². The minimum Gasteiger partial charge on any atom is -0.457 e. The maximum absolute atomic E-state index is 5.87. The number of hydrogen-bond acceptors (Lipinski definition) is 2. The summed E-state index contributed by atoms with van der Waals surface area (Å²) in [6.45, 7) is 6.09. The van der Waals surface area contributed by atoms with E-state index >= 15 is 0 Å². The highest BCUT2D eigenvalue weighted by atomic mass is 79.9. The first-order chi connectivity index (χ1) is 8.97. The third-order valence-electron chi connectivity index (χ3n) is 3.05. The Hall–Kier alpha value is -1.32. The third-order valence-corrected chi connectivity index (χ3v) is 4.30. The molecular weight excluding hydrogens is 302 g/mol. The zero-order chi connectivity index (χ0) is 14.0. The maximum atomic E-state index is 5.87. The molecule has 0 aromatic heterocycles. The van der Waals surface area contributed by atoms with Crippen LogP contribution in [0.15, 0.2) is 40.9 Å². The second-order valence-corrected chi connectivity index (χ2v) is 5.62. The van der Waals surface area contributed by atoms with E-state index in [4.69, 9.17) is 10.5 Å². The lowest BCUT2D eigenvalue weighted by Gasteiger charge is -2.11. The van der Waals surface area contributed by atoms with Crippen LogP contribution in [0.1, 0.15) is 29.7 Å². The maximum Gasteiger partial charge on any atom is 0.128 e. The first-order valence-corrected chi connectivity index (χ1v) is 7.07. The lowest BCUT2D eigenvalue weighted by Crippen LogP contribution is -2.04. The molecule has 2 N–H and O–H groups in total. The predicted molar refractivity (Wildman–Crippen MR) is 82.7 cm³/mol. The van der Waals surface area contributed by atoms with Crippen molar-refractivity contribution in [1.82, 2.24) is 0 Å². The monoisotopic (exact) mass is 319 g/mol. The Kier molecular flexibility index (Phi) is 4.27. The Bertz CT molecular complexity index is 553. The molecule has 3 heteroatoms. The van der Waals surface area contributed by atoms with Crippen LogP contribution < -0.4 is 10.5 Å². The molecule has 2 aromatic carbocycles. The largest absolute Gasteiger partial charge is 0.457 e. The smallest absolute Gasteiger partial charge is 0.128 e. The Morgan fingerprint density at radius 2 is 1.53 bits per heavy atom. The average molecular weight is 320 g/mol. The number of rotatable bonds is 3. The highest BCUT2D eigenvalue weighted by Crippen LogP contribution is 2.29. The van der Waals surface area contributed by atoms with E-state index in [0.717, 1.165) is 21.5 Å². The second kappa shape index (κ2) is 5.76. The van der Waals surface area contributed by atoms with Gasteiger partial charge in [0.2, 0.25) is 0 Å². The van der Waals surface area contributed by atoms with Crippen molar-refractivity contribution in [2.45, 2.75) is 26.8 Å². The van der Waals surface area contributed by atoms with Gasteiger partial charge in [0.05, 0.1) is 0 Å². The van der Waals surface area contributed by atoms with Gasteiger partial charge in [0.25, 0.3) is 0 Å². The molecule has 19 heavy (non-hydrogen) atoms. The van der Waals surface area contributed by atoms with Crippen LogP contribution in [-0.4, -0.2) is 0 Å². The SMILES string of the molecule is Cc1cc(Oc2ccc([C@@H](C)N)cc2)cc(C)c1Br. The van der Waals surface area contributed by atoms with E-state index in [1.807, 2.05) is 43.3 Å². The quantitative estimate of drug-likeness (QED) is 0.875. The van der Waals surface area contributed by atoms with Gasteiger partial charge in [-0.05, 0) is 61.7 Å². The molecule has 0 bridgehead atoms. The molecule has 0 aliphatic heterocycles. The zero-order valence-corrected chi connectivity index (χ0v) is 13.0. The molecule has 0 spiro atoms. The Morgan fingerprint density at radius 1 is 1.00 bits per heavy atom. The zero-order valence-electron chi connectivity index (χ0n) is 11.4. The van der Waals surface area contributed by atoms with Crippen LogP contribution in [0.2, 0.25) is 0 Å². The van der Waals surface area contributed by atoms with Crippen LogP contribution in [0, 0.1) is 13.8 Å². The minimum absolute atomic E-state index is 0.0474. The molecule has 0 aliphatic rings. The van der Waals surface area contributed by atoms with Crippen molar-refractivity contribution in [2.24, 2.45) is 5.73 Å². The van der Waals surface area contributed by atoms with Gasteiger partial charge in [0.15, 0.2) is 0 Å². The Balaban J connectivity index is 2.21. The molecule has 0 unspecified atom stereocenters. The number of ether oxygens (including phenoxy) is 1. The van der Waals surface area contributed by atoms with Crippen molar-refractivity contribution >= 4 is 15.9 Å². The summed E-state index contributed by atoms with van der Waals surface area (Å²) >= 11 is 3.55. The lowest BCUT2D eigenvalue weighted by atomic mass is 10.1. The van der Waals surface area contributed by atoms with Gasteiger partial charge >= 0.3 is 0 Å². The first-order valence-electron chi connectivity index (χ1n) is 6.27. The molecule has 1 atom stereocenters. The molecule has 100 valence electrons. The molecule has 0 radical (unpaired) electrons. The topological polar surface area (TPSA) is 35.2 Å². The van der Waals surface area contributed by atoms with E-state index in [0.29, 0.717) is 0 Å². The average Bonchev–Trinajstić information content (AvgIpc) is 2.36. The molecule has 0 amide bonds. The Labute approximate surface area is 122 Å². The number of benzene rings is 2. The van der Waals surface area contributed by atoms with Crippen LogP contribution >= 0.6 is 15.9 Å². The first kappa shape index (κ1) is 14.1. The summed E-state index contributed by atoms with van der Waals surface area (Å²) in [6, 6.07) is 12.0. The standard InChI is InChI=1S/C16H18BrNO/c1-10-8-15(9-11(2)16(10)17)19-14-6-4-13(5-7-14)12(3)18/h4-9,12H,18H2,1-3H3/t12-/m1/s1. The molecule has 0 heterocycles. The van der Waals surface area contributed by atoms with Crippen molar-refractivity contribution in [1.29, 1.82) is 0 Å². The van der Waals surface area contributed by atoms with Crippen LogP contribution in [-0.2, 0) is 0 Å². The highest BCUT2D eigenvalue weighted by molar-refractivity contribution is 9.10. The number of nitrogens with two attached hydrogens (primary N) is 1. The summed E-state index contributed by atoms with van der Waals surface area (Å²) in [5, 5.41) is 0. The van der Waals surface area contributed by atoms with E-state index in [-0.39, 0.29) is 6.04 Å². The van der Waals surface area contributed by atoms with Gasteiger partial charge < -0.3 is 10.5 Å². The fourth-order valence-electron chi connectivity index (χ4n) is 1.94. The van der Waals surface area contributed by atoms with Crippen molar-refractivity contribution in [3.63, 3.8) is 0 Å². The second-order valence-electron chi connectivity index (χ2n) is 4.83. The third kappa shape index (κ3) is 3.37. The van der Waals surface area contributed by atoms with Gasteiger partial charge in [-0.1, -0.05) is 28.1 Å². The molecule has 2 nitrogen and oxygen atoms in total. The summed E-state index contributed by atoms with van der Waals surface area (Å²) < 4.78 is 7.00. The fraction of sp³-hybridized carbons (Fsp3) is 0.250. The molecular formula is C16H18BrNO. The molecule has 0 fully saturated rings. The van der Waals surface area contributed by atoms with Crippen LogP contribution in [0.25, 0.3) is 0 Å².